The summed E-state index contributed by atoms with van der Waals surface area (Å²) in [6, 6.07) is 31.8. The molecule has 0 aliphatic carbocycles. The lowest BCUT2D eigenvalue weighted by Crippen LogP contribution is -2.41. The summed E-state index contributed by atoms with van der Waals surface area (Å²) in [6.45, 7) is 2.26. The van der Waals surface area contributed by atoms with Crippen molar-refractivity contribution in [1.29, 1.82) is 0 Å². The number of aliphatic hydroxyl groups is 1. The quantitative estimate of drug-likeness (QED) is 0.106. The molecule has 1 unspecified atom stereocenters. The molecule has 2 saturated heterocycles. The SMILES string of the molecule is C[C@H]1[C@@H](CSc2nccn2C)O[C@@H](c2ccc(-c3cccc(CN4C(=O)CC(NC(=O)OCc5ccccc5)C4=O)c3)cc2)O[C@H]1c1ccc(CO)cc1. The van der Waals surface area contributed by atoms with E-state index in [2.05, 4.69) is 17.2 Å². The van der Waals surface area contributed by atoms with Gasteiger partial charge in [0.25, 0.3) is 5.91 Å². The number of alkyl carbamates (subject to hydrolysis) is 1. The molecule has 0 bridgehead atoms. The van der Waals surface area contributed by atoms with Crippen molar-refractivity contribution in [2.75, 3.05) is 5.75 Å². The van der Waals surface area contributed by atoms with E-state index < -0.39 is 24.3 Å². The average molecular weight is 747 g/mol. The van der Waals surface area contributed by atoms with Gasteiger partial charge in [0.15, 0.2) is 11.4 Å². The van der Waals surface area contributed by atoms with E-state index in [0.29, 0.717) is 5.75 Å². The first kappa shape index (κ1) is 37.1. The van der Waals surface area contributed by atoms with Crippen LogP contribution >= 0.6 is 11.8 Å². The molecular weight excluding hydrogens is 705 g/mol. The van der Waals surface area contributed by atoms with Crippen molar-refractivity contribution in [2.45, 2.75) is 62.8 Å². The largest absolute Gasteiger partial charge is 0.445 e. The van der Waals surface area contributed by atoms with E-state index in [4.69, 9.17) is 14.2 Å². The minimum Gasteiger partial charge on any atom is -0.445 e. The molecule has 0 radical (unpaired) electrons. The molecular formula is C42H42N4O7S. The molecule has 2 N–H and O–H groups in total. The predicted molar refractivity (Wildman–Crippen MR) is 203 cm³/mol. The molecule has 1 aromatic heterocycles. The van der Waals surface area contributed by atoms with Gasteiger partial charge in [0.1, 0.15) is 12.6 Å². The van der Waals surface area contributed by atoms with Gasteiger partial charge in [-0.05, 0) is 39.4 Å². The molecule has 278 valence electrons. The topological polar surface area (TPSA) is 132 Å². The fourth-order valence-corrected chi connectivity index (χ4v) is 7.79. The Kier molecular flexibility index (Phi) is 11.5. The number of aryl methyl sites for hydroxylation is 1. The van der Waals surface area contributed by atoms with Crippen LogP contribution in [-0.2, 0) is 50.6 Å². The van der Waals surface area contributed by atoms with Gasteiger partial charge < -0.3 is 29.2 Å². The highest BCUT2D eigenvalue weighted by Crippen LogP contribution is 2.43. The number of aromatic nitrogens is 2. The van der Waals surface area contributed by atoms with Gasteiger partial charge in [0.2, 0.25) is 5.91 Å². The van der Waals surface area contributed by atoms with Crippen LogP contribution in [0.5, 0.6) is 0 Å². The van der Waals surface area contributed by atoms with Crippen LogP contribution in [0, 0.1) is 5.92 Å². The maximum absolute atomic E-state index is 13.2. The second-order valence-electron chi connectivity index (χ2n) is 13.6. The van der Waals surface area contributed by atoms with Crippen LogP contribution in [0.15, 0.2) is 121 Å². The number of benzene rings is 4. The summed E-state index contributed by atoms with van der Waals surface area (Å²) in [5, 5.41) is 13.0. The molecule has 0 saturated carbocycles. The number of imide groups is 1. The number of carbonyl (C=O) groups is 3. The van der Waals surface area contributed by atoms with Crippen LogP contribution in [-0.4, -0.2) is 55.4 Å². The maximum Gasteiger partial charge on any atom is 0.408 e. The van der Waals surface area contributed by atoms with Crippen LogP contribution in [0.3, 0.4) is 0 Å². The van der Waals surface area contributed by atoms with Crippen LogP contribution < -0.4 is 5.32 Å². The van der Waals surface area contributed by atoms with Gasteiger partial charge in [0, 0.05) is 36.7 Å². The number of carbonyl (C=O) groups excluding carboxylic acids is 3. The standard InChI is InChI=1S/C42H42N4O7S/c1-27-36(26-54-41-43-19-20-45(41)2)52-40(53-38(27)32-13-11-28(24-47)12-14-32)33-17-15-31(16-18-33)34-10-6-9-30(21-34)23-46-37(48)22-35(39(46)49)44-42(50)51-25-29-7-4-3-5-8-29/h3-21,27,35-36,38,40,47H,22-26H2,1-2H3,(H,44,50)/t27-,35?,36+,38+,40+/m0/s1. The van der Waals surface area contributed by atoms with Crippen molar-refractivity contribution in [3.8, 4) is 11.1 Å². The minimum atomic E-state index is -0.976. The Hall–Kier alpha value is -5.27. The third-order valence-electron chi connectivity index (χ3n) is 9.81. The highest BCUT2D eigenvalue weighted by atomic mass is 32.2. The van der Waals surface area contributed by atoms with Crippen molar-refractivity contribution < 1.29 is 33.7 Å². The lowest BCUT2D eigenvalue weighted by atomic mass is 9.91. The van der Waals surface area contributed by atoms with Crippen LogP contribution in [0.25, 0.3) is 11.1 Å². The van der Waals surface area contributed by atoms with Crippen LogP contribution in [0.1, 0.15) is 53.6 Å². The van der Waals surface area contributed by atoms with Crippen molar-refractivity contribution in [3.63, 3.8) is 0 Å². The number of hydrogen-bond donors (Lipinski definition) is 2. The number of imidazole rings is 1. The van der Waals surface area contributed by atoms with Gasteiger partial charge in [-0.25, -0.2) is 9.78 Å². The Bertz CT molecular complexity index is 2070. The van der Waals surface area contributed by atoms with E-state index in [1.54, 1.807) is 18.0 Å². The summed E-state index contributed by atoms with van der Waals surface area (Å²) >= 11 is 1.65. The first-order valence-electron chi connectivity index (χ1n) is 17.9. The second kappa shape index (κ2) is 16.8. The fourth-order valence-electron chi connectivity index (χ4n) is 6.69. The second-order valence-corrected chi connectivity index (χ2v) is 14.5. The Morgan fingerprint density at radius 2 is 1.65 bits per heavy atom. The zero-order chi connectivity index (χ0) is 37.6. The number of ether oxygens (including phenoxy) is 3. The summed E-state index contributed by atoms with van der Waals surface area (Å²) in [5.74, 6) is -0.0827. The maximum atomic E-state index is 13.2. The summed E-state index contributed by atoms with van der Waals surface area (Å²) in [5.41, 5.74) is 6.20. The van der Waals surface area contributed by atoms with Gasteiger partial charge in [-0.3, -0.25) is 14.5 Å². The van der Waals surface area contributed by atoms with Crippen molar-refractivity contribution in [3.05, 3.63) is 143 Å². The monoisotopic (exact) mass is 746 g/mol. The van der Waals surface area contributed by atoms with E-state index in [9.17, 15) is 19.5 Å². The molecule has 54 heavy (non-hydrogen) atoms. The zero-order valence-corrected chi connectivity index (χ0v) is 30.9. The number of likely N-dealkylation sites (tertiary alicyclic amines) is 1. The summed E-state index contributed by atoms with van der Waals surface area (Å²) in [4.78, 5) is 44.1. The number of rotatable bonds is 12. The number of hydrogen-bond acceptors (Lipinski definition) is 9. The van der Waals surface area contributed by atoms with Crippen LogP contribution in [0.4, 0.5) is 4.79 Å². The number of thioether (sulfide) groups is 1. The summed E-state index contributed by atoms with van der Waals surface area (Å²) < 4.78 is 20.5. The van der Waals surface area contributed by atoms with Crippen molar-refractivity contribution in [1.82, 2.24) is 19.8 Å². The molecule has 3 heterocycles. The Morgan fingerprint density at radius 1 is 0.907 bits per heavy atom. The van der Waals surface area contributed by atoms with Gasteiger partial charge in [-0.2, -0.15) is 0 Å². The molecule has 2 aliphatic heterocycles. The highest BCUT2D eigenvalue weighted by Gasteiger charge is 2.40. The molecule has 3 amide bonds. The molecule has 11 nitrogen and oxygen atoms in total. The van der Waals surface area contributed by atoms with E-state index in [1.165, 1.54) is 4.90 Å². The van der Waals surface area contributed by atoms with E-state index in [1.807, 2.05) is 121 Å². The molecule has 4 aromatic carbocycles. The Labute approximate surface area is 318 Å². The number of nitrogens with zero attached hydrogens (tertiary/aromatic N) is 3. The van der Waals surface area contributed by atoms with E-state index in [0.717, 1.165) is 44.1 Å². The Balaban J connectivity index is 1.01. The first-order valence-corrected chi connectivity index (χ1v) is 18.9. The zero-order valence-electron chi connectivity index (χ0n) is 30.0. The number of nitrogens with one attached hydrogen (secondary N) is 1. The molecule has 12 heteroatoms. The highest BCUT2D eigenvalue weighted by molar-refractivity contribution is 7.99. The van der Waals surface area contributed by atoms with Crippen molar-refractivity contribution in [2.24, 2.45) is 13.0 Å². The molecule has 5 atom stereocenters. The molecule has 2 aliphatic rings. The van der Waals surface area contributed by atoms with Gasteiger partial charge in [-0.1, -0.05) is 116 Å². The summed E-state index contributed by atoms with van der Waals surface area (Å²) in [6.07, 6.45) is 1.87. The van der Waals surface area contributed by atoms with E-state index in [-0.39, 0.29) is 50.2 Å². The van der Waals surface area contributed by atoms with Gasteiger partial charge >= 0.3 is 6.09 Å². The predicted octanol–water partition coefficient (Wildman–Crippen LogP) is 6.72. The molecule has 0 spiro atoms. The van der Waals surface area contributed by atoms with E-state index >= 15 is 0 Å². The van der Waals surface area contributed by atoms with Gasteiger partial charge in [-0.15, -0.1) is 0 Å². The minimum absolute atomic E-state index is 0.0222. The molecule has 5 aromatic rings. The van der Waals surface area contributed by atoms with Gasteiger partial charge in [0.05, 0.1) is 31.8 Å². The lowest BCUT2D eigenvalue weighted by Gasteiger charge is -2.41. The van der Waals surface area contributed by atoms with Crippen LogP contribution in [0.2, 0.25) is 0 Å². The summed E-state index contributed by atoms with van der Waals surface area (Å²) in [7, 11) is 1.97. The average Bonchev–Trinajstić information content (AvgIpc) is 3.73. The molecule has 2 fully saturated rings. The third kappa shape index (κ3) is 8.58. The lowest BCUT2D eigenvalue weighted by molar-refractivity contribution is -0.268. The first-order chi connectivity index (χ1) is 26.2. The fraction of sp³-hybridized carbons (Fsp3) is 0.286. The normalized spacial score (nSPS) is 21.3. The van der Waals surface area contributed by atoms with Crippen molar-refractivity contribution >= 4 is 29.7 Å². The number of aliphatic hydroxyl groups excluding tert-OH is 1. The smallest absolute Gasteiger partial charge is 0.408 e. The number of amides is 3. The Morgan fingerprint density at radius 3 is 2.37 bits per heavy atom. The molecule has 7 rings (SSSR count). The third-order valence-corrected chi connectivity index (χ3v) is 11.0.